The maximum absolute atomic E-state index is 8.78. The van der Waals surface area contributed by atoms with Gasteiger partial charge in [-0.05, 0) is 6.26 Å². The molecule has 0 saturated carbocycles. The molecule has 2 aromatic heterocycles. The van der Waals surface area contributed by atoms with Crippen LogP contribution in [0.4, 0.5) is 11.8 Å². The molecule has 0 fully saturated rings. The number of hydrogen-bond acceptors (Lipinski definition) is 8. The molecule has 2 heterocycles. The lowest BCUT2D eigenvalue weighted by atomic mass is 10.3. The summed E-state index contributed by atoms with van der Waals surface area (Å²) in [5.41, 5.74) is 6.22. The van der Waals surface area contributed by atoms with E-state index in [2.05, 4.69) is 25.5 Å². The molecule has 4 N–H and O–H groups in total. The number of thioether (sulfide) groups is 1. The van der Waals surface area contributed by atoms with Crippen molar-refractivity contribution in [1.29, 1.82) is 0 Å². The van der Waals surface area contributed by atoms with E-state index in [0.29, 0.717) is 22.9 Å². The molecule has 0 aliphatic heterocycles. The predicted octanol–water partition coefficient (Wildman–Crippen LogP) is 0.128. The maximum Gasteiger partial charge on any atom is 0.220 e. The molecule has 0 aromatic carbocycles. The molecule has 0 unspecified atom stereocenters. The zero-order valence-electron chi connectivity index (χ0n) is 9.21. The highest BCUT2D eigenvalue weighted by atomic mass is 32.2. The van der Waals surface area contributed by atoms with Gasteiger partial charge < -0.3 is 16.2 Å². The van der Waals surface area contributed by atoms with E-state index in [1.54, 1.807) is 6.20 Å². The third-order valence-electron chi connectivity index (χ3n) is 2.10. The van der Waals surface area contributed by atoms with Crippen LogP contribution in [0.25, 0.3) is 10.9 Å². The number of nitrogens with zero attached hydrogens (tertiary/aromatic N) is 4. The van der Waals surface area contributed by atoms with Crippen LogP contribution in [0.2, 0.25) is 0 Å². The number of nitrogens with one attached hydrogen (secondary N) is 1. The lowest BCUT2D eigenvalue weighted by Gasteiger charge is -2.08. The fourth-order valence-electron chi connectivity index (χ4n) is 1.37. The smallest absolute Gasteiger partial charge is 0.220 e. The van der Waals surface area contributed by atoms with E-state index in [4.69, 9.17) is 10.8 Å². The summed E-state index contributed by atoms with van der Waals surface area (Å²) in [4.78, 5) is 8.09. The highest BCUT2D eigenvalue weighted by Crippen LogP contribution is 2.25. The Hall–Kier alpha value is -1.67. The molecule has 0 aliphatic carbocycles. The Morgan fingerprint density at radius 2 is 2.29 bits per heavy atom. The molecule has 90 valence electrons. The Bertz CT molecular complexity index is 534. The molecule has 17 heavy (non-hydrogen) atoms. The Balaban J connectivity index is 2.56. The summed E-state index contributed by atoms with van der Waals surface area (Å²) in [6, 6.07) is 0. The first kappa shape index (κ1) is 11.8. The van der Waals surface area contributed by atoms with Gasteiger partial charge in [-0.15, -0.1) is 22.0 Å². The fourth-order valence-corrected chi connectivity index (χ4v) is 1.84. The first-order valence-corrected chi connectivity index (χ1v) is 6.16. The minimum atomic E-state index is 0.0171. The van der Waals surface area contributed by atoms with E-state index < -0.39 is 0 Å². The van der Waals surface area contributed by atoms with Crippen molar-refractivity contribution in [3.05, 3.63) is 6.20 Å². The average Bonchev–Trinajstić information content (AvgIpc) is 2.35. The van der Waals surface area contributed by atoms with Crippen molar-refractivity contribution in [3.8, 4) is 0 Å². The number of rotatable bonds is 4. The number of nitrogens with two attached hydrogens (primary N) is 1. The van der Waals surface area contributed by atoms with Crippen molar-refractivity contribution in [2.24, 2.45) is 0 Å². The highest BCUT2D eigenvalue weighted by Gasteiger charge is 2.10. The summed E-state index contributed by atoms with van der Waals surface area (Å²) < 4.78 is 0. The van der Waals surface area contributed by atoms with E-state index in [1.165, 1.54) is 11.8 Å². The van der Waals surface area contributed by atoms with Crippen LogP contribution in [-0.2, 0) is 0 Å². The van der Waals surface area contributed by atoms with Gasteiger partial charge >= 0.3 is 0 Å². The van der Waals surface area contributed by atoms with Crippen molar-refractivity contribution in [1.82, 2.24) is 20.2 Å². The SMILES string of the molecule is CSc1nnc(NCCO)c2cnc(N)nc12. The van der Waals surface area contributed by atoms with Gasteiger partial charge in [0.2, 0.25) is 5.95 Å². The summed E-state index contributed by atoms with van der Waals surface area (Å²) in [6.07, 6.45) is 3.49. The third-order valence-corrected chi connectivity index (χ3v) is 2.77. The minimum Gasteiger partial charge on any atom is -0.395 e. The number of fused-ring (bicyclic) bond motifs is 1. The summed E-state index contributed by atoms with van der Waals surface area (Å²) >= 11 is 1.44. The second kappa shape index (κ2) is 5.11. The quantitative estimate of drug-likeness (QED) is 0.658. The summed E-state index contributed by atoms with van der Waals surface area (Å²) in [7, 11) is 0. The van der Waals surface area contributed by atoms with Crippen molar-refractivity contribution in [2.75, 3.05) is 30.5 Å². The Kier molecular flexibility index (Phi) is 3.55. The van der Waals surface area contributed by atoms with E-state index >= 15 is 0 Å². The normalized spacial score (nSPS) is 10.7. The molecule has 7 nitrogen and oxygen atoms in total. The lowest BCUT2D eigenvalue weighted by molar-refractivity contribution is 0.311. The van der Waals surface area contributed by atoms with Gasteiger partial charge in [0.1, 0.15) is 10.5 Å². The van der Waals surface area contributed by atoms with Crippen molar-refractivity contribution in [2.45, 2.75) is 5.03 Å². The van der Waals surface area contributed by atoms with E-state index in [-0.39, 0.29) is 12.6 Å². The molecule has 0 saturated heterocycles. The van der Waals surface area contributed by atoms with Crippen LogP contribution in [0.1, 0.15) is 0 Å². The van der Waals surface area contributed by atoms with Gasteiger partial charge in [-0.2, -0.15) is 0 Å². The monoisotopic (exact) mass is 252 g/mol. The van der Waals surface area contributed by atoms with Crippen molar-refractivity contribution in [3.63, 3.8) is 0 Å². The van der Waals surface area contributed by atoms with Crippen LogP contribution in [0.15, 0.2) is 11.2 Å². The second-order valence-electron chi connectivity index (χ2n) is 3.20. The largest absolute Gasteiger partial charge is 0.395 e. The molecule has 8 heteroatoms. The van der Waals surface area contributed by atoms with E-state index in [9.17, 15) is 0 Å². The van der Waals surface area contributed by atoms with Gasteiger partial charge in [0.25, 0.3) is 0 Å². The van der Waals surface area contributed by atoms with Crippen LogP contribution in [0.5, 0.6) is 0 Å². The number of nitrogen functional groups attached to an aromatic ring is 1. The molecular weight excluding hydrogens is 240 g/mol. The molecule has 0 amide bonds. The average molecular weight is 252 g/mol. The van der Waals surface area contributed by atoms with Crippen LogP contribution >= 0.6 is 11.8 Å². The molecule has 2 aromatic rings. The zero-order valence-corrected chi connectivity index (χ0v) is 10.0. The third kappa shape index (κ3) is 2.37. The molecule has 0 atom stereocenters. The van der Waals surface area contributed by atoms with Gasteiger partial charge in [0, 0.05) is 12.7 Å². The van der Waals surface area contributed by atoms with Gasteiger partial charge in [0.15, 0.2) is 5.82 Å². The lowest BCUT2D eigenvalue weighted by Crippen LogP contribution is -2.09. The number of aliphatic hydroxyl groups is 1. The molecular formula is C9H12N6OS. The second-order valence-corrected chi connectivity index (χ2v) is 3.99. The number of anilines is 2. The Morgan fingerprint density at radius 3 is 3.00 bits per heavy atom. The summed E-state index contributed by atoms with van der Waals surface area (Å²) in [5.74, 6) is 0.751. The van der Waals surface area contributed by atoms with Crippen molar-refractivity contribution < 1.29 is 5.11 Å². The number of aliphatic hydroxyl groups excluding tert-OH is 1. The number of hydrogen-bond donors (Lipinski definition) is 3. The standard InChI is InChI=1S/C9H12N6OS/c1-17-8-6-5(4-12-9(10)13-6)7(14-15-8)11-2-3-16/h4,16H,2-3H2,1H3,(H,11,14)(H2,10,12,13). The highest BCUT2D eigenvalue weighted by molar-refractivity contribution is 7.98. The first-order valence-electron chi connectivity index (χ1n) is 4.94. The number of aromatic nitrogens is 4. The summed E-state index contributed by atoms with van der Waals surface area (Å²) in [5, 5.41) is 21.2. The molecule has 2 rings (SSSR count). The van der Waals surface area contributed by atoms with Crippen molar-refractivity contribution >= 4 is 34.4 Å². The molecule has 0 spiro atoms. The van der Waals surface area contributed by atoms with Crippen LogP contribution in [0, 0.1) is 0 Å². The Labute approximate surface area is 102 Å². The molecule has 0 bridgehead atoms. The van der Waals surface area contributed by atoms with Gasteiger partial charge in [-0.25, -0.2) is 9.97 Å². The minimum absolute atomic E-state index is 0.0171. The maximum atomic E-state index is 8.78. The molecule has 0 aliphatic rings. The zero-order chi connectivity index (χ0) is 12.3. The van der Waals surface area contributed by atoms with Crippen LogP contribution < -0.4 is 11.1 Å². The van der Waals surface area contributed by atoms with E-state index in [1.807, 2.05) is 6.26 Å². The van der Waals surface area contributed by atoms with Gasteiger partial charge in [-0.3, -0.25) is 0 Å². The van der Waals surface area contributed by atoms with Gasteiger partial charge in [-0.1, -0.05) is 0 Å². The molecule has 0 radical (unpaired) electrons. The van der Waals surface area contributed by atoms with Gasteiger partial charge in [0.05, 0.1) is 12.0 Å². The summed E-state index contributed by atoms with van der Waals surface area (Å²) in [6.45, 7) is 0.413. The fraction of sp³-hybridized carbons (Fsp3) is 0.333. The van der Waals surface area contributed by atoms with E-state index in [0.717, 1.165) is 5.39 Å². The predicted molar refractivity (Wildman–Crippen MR) is 66.9 cm³/mol. The topological polar surface area (TPSA) is 110 Å². The Morgan fingerprint density at radius 1 is 1.47 bits per heavy atom. The first-order chi connectivity index (χ1) is 8.26. The van der Waals surface area contributed by atoms with Crippen LogP contribution in [0.3, 0.4) is 0 Å². The van der Waals surface area contributed by atoms with Crippen LogP contribution in [-0.4, -0.2) is 44.7 Å².